The predicted octanol–water partition coefficient (Wildman–Crippen LogP) is 15.9. The van der Waals surface area contributed by atoms with Crippen molar-refractivity contribution in [2.45, 2.75) is 13.8 Å². The van der Waals surface area contributed by atoms with Crippen molar-refractivity contribution in [1.82, 2.24) is 19.9 Å². The van der Waals surface area contributed by atoms with Gasteiger partial charge in [0, 0.05) is 12.2 Å². The van der Waals surface area contributed by atoms with Crippen LogP contribution in [0.2, 0.25) is 0 Å². The van der Waals surface area contributed by atoms with Crippen molar-refractivity contribution >= 4 is 92.2 Å². The molecule has 7 aromatic carbocycles. The zero-order valence-electron chi connectivity index (χ0n) is 38.4. The Labute approximate surface area is 412 Å². The van der Waals surface area contributed by atoms with Gasteiger partial charge in [0.15, 0.2) is 22.3 Å². The Morgan fingerprint density at radius 2 is 0.859 bits per heavy atom. The summed E-state index contributed by atoms with van der Waals surface area (Å²) in [5, 5.41) is 17.9. The van der Waals surface area contributed by atoms with Crippen LogP contribution in [0.15, 0.2) is 188 Å². The summed E-state index contributed by atoms with van der Waals surface area (Å²) in [6.07, 6.45) is 11.6. The second-order valence-corrected chi connectivity index (χ2v) is 17.4. The molecular formula is C60H40N6O4S. The molecule has 0 aliphatic carbocycles. The standard InChI is InChI=1S/C24H16N2.C18H10N2O2S.C18H14N2O2/c25-17-22-13-11-20(12-14-22)6-5-19-7-9-21(10-8-19)15-16-23-3-1-2-4-24(23)18-26;1-3-7-13-11(5-1)19-17(21-13)15-9-10-16(23-15)18-20-12-6-2-4-8-14(12)22-18;1-11-3-5-15-13(9-11)19-17(21-15)7-8-18-20-14-10-12(2)4-6-16(14)22-18/h1-16H;1-10H;3-10H,1-2H3/b6-5+,16-15+;;8-7+. The summed E-state index contributed by atoms with van der Waals surface area (Å²) in [6.45, 7) is 4.06. The maximum absolute atomic E-state index is 9.13. The minimum Gasteiger partial charge on any atom is -0.437 e. The fourth-order valence-electron chi connectivity index (χ4n) is 7.43. The molecule has 10 nitrogen and oxygen atoms in total. The van der Waals surface area contributed by atoms with Gasteiger partial charge in [-0.2, -0.15) is 10.5 Å². The van der Waals surface area contributed by atoms with Crippen LogP contribution < -0.4 is 0 Å². The summed E-state index contributed by atoms with van der Waals surface area (Å²) in [5.41, 5.74) is 14.4. The van der Waals surface area contributed by atoms with Gasteiger partial charge >= 0.3 is 0 Å². The molecule has 0 saturated carbocycles. The number of hydrogen-bond donors (Lipinski definition) is 0. The summed E-state index contributed by atoms with van der Waals surface area (Å²) >= 11 is 1.56. The Balaban J connectivity index is 0.000000123. The first kappa shape index (κ1) is 45.1. The molecule has 0 amide bonds. The lowest BCUT2D eigenvalue weighted by atomic mass is 10.1. The van der Waals surface area contributed by atoms with Crippen molar-refractivity contribution in [1.29, 1.82) is 10.5 Å². The second kappa shape index (κ2) is 20.7. The minimum atomic E-state index is 0.541. The number of benzene rings is 7. The van der Waals surface area contributed by atoms with Crippen LogP contribution in [0.4, 0.5) is 0 Å². The van der Waals surface area contributed by atoms with Gasteiger partial charge in [-0.3, -0.25) is 0 Å². The van der Waals surface area contributed by atoms with Gasteiger partial charge in [-0.1, -0.05) is 115 Å². The lowest BCUT2D eigenvalue weighted by Crippen LogP contribution is -1.80. The van der Waals surface area contributed by atoms with Gasteiger partial charge in [-0.25, -0.2) is 19.9 Å². The molecule has 71 heavy (non-hydrogen) atoms. The zero-order chi connectivity index (χ0) is 48.5. The lowest BCUT2D eigenvalue weighted by Gasteiger charge is -1.99. The van der Waals surface area contributed by atoms with Crippen LogP contribution in [-0.4, -0.2) is 19.9 Å². The van der Waals surface area contributed by atoms with Gasteiger partial charge in [0.05, 0.1) is 33.0 Å². The lowest BCUT2D eigenvalue weighted by molar-refractivity contribution is 0.583. The largest absolute Gasteiger partial charge is 0.437 e. The highest BCUT2D eigenvalue weighted by Crippen LogP contribution is 2.36. The first-order chi connectivity index (χ1) is 34.8. The zero-order valence-corrected chi connectivity index (χ0v) is 39.2. The van der Waals surface area contributed by atoms with E-state index in [1.54, 1.807) is 23.5 Å². The highest BCUT2D eigenvalue weighted by molar-refractivity contribution is 7.18. The number of para-hydroxylation sites is 4. The number of thiophene rings is 1. The third-order valence-electron chi connectivity index (χ3n) is 11.1. The summed E-state index contributed by atoms with van der Waals surface area (Å²) in [6, 6.07) is 58.9. The van der Waals surface area contributed by atoms with E-state index in [-0.39, 0.29) is 0 Å². The second-order valence-electron chi connectivity index (χ2n) is 16.3. The molecule has 11 heteroatoms. The van der Waals surface area contributed by atoms with E-state index in [1.165, 1.54) is 0 Å². The van der Waals surface area contributed by atoms with Crippen molar-refractivity contribution in [2.24, 2.45) is 0 Å². The molecule has 0 aliphatic rings. The Morgan fingerprint density at radius 3 is 1.35 bits per heavy atom. The van der Waals surface area contributed by atoms with E-state index >= 15 is 0 Å². The normalized spacial score (nSPS) is 11.3. The first-order valence-corrected chi connectivity index (χ1v) is 23.3. The Morgan fingerprint density at radius 1 is 0.408 bits per heavy atom. The topological polar surface area (TPSA) is 152 Å². The molecular weight excluding hydrogens is 901 g/mol. The van der Waals surface area contributed by atoms with Crippen molar-refractivity contribution < 1.29 is 17.7 Å². The average molecular weight is 941 g/mol. The highest BCUT2D eigenvalue weighted by Gasteiger charge is 2.15. The Bertz CT molecular complexity index is 3770. The molecule has 340 valence electrons. The number of hydrogen-bond acceptors (Lipinski definition) is 11. The van der Waals surface area contributed by atoms with E-state index in [1.807, 2.05) is 196 Å². The molecule has 5 heterocycles. The number of nitrogens with zero attached hydrogens (tertiary/aromatic N) is 6. The third-order valence-corrected chi connectivity index (χ3v) is 12.1. The summed E-state index contributed by atoms with van der Waals surface area (Å²) in [5.74, 6) is 2.33. The summed E-state index contributed by atoms with van der Waals surface area (Å²) < 4.78 is 23.0. The number of oxazole rings is 4. The SMILES string of the molecule is Cc1ccc2oc(/C=C/c3nc4cc(C)ccc4o3)nc2c1.N#Cc1ccc(/C=C/c2ccc(/C=C/c3ccccc3C#N)cc2)cc1.c1ccc2oc(-c3ccc(-c4nc5ccccc5o4)s3)nc2c1. The van der Waals surface area contributed by atoms with Crippen molar-refractivity contribution in [2.75, 3.05) is 0 Å². The van der Waals surface area contributed by atoms with Crippen LogP contribution >= 0.6 is 11.3 Å². The van der Waals surface area contributed by atoms with Crippen molar-refractivity contribution in [3.8, 4) is 33.7 Å². The fraction of sp³-hybridized carbons (Fsp3) is 0.0333. The maximum Gasteiger partial charge on any atom is 0.237 e. The van der Waals surface area contributed by atoms with E-state index in [9.17, 15) is 0 Å². The van der Waals surface area contributed by atoms with Crippen LogP contribution in [0.1, 0.15) is 56.3 Å². The summed E-state index contributed by atoms with van der Waals surface area (Å²) in [7, 11) is 0. The molecule has 0 unspecified atom stereocenters. The maximum atomic E-state index is 9.13. The van der Waals surface area contributed by atoms with Gasteiger partial charge in [-0.05, 0) is 126 Å². The van der Waals surface area contributed by atoms with Crippen LogP contribution in [0.25, 0.3) is 102 Å². The number of aryl methyl sites for hydroxylation is 2. The van der Waals surface area contributed by atoms with Crippen LogP contribution in [0.5, 0.6) is 0 Å². The van der Waals surface area contributed by atoms with Gasteiger partial charge in [0.1, 0.15) is 22.1 Å². The van der Waals surface area contributed by atoms with E-state index < -0.39 is 0 Å². The summed E-state index contributed by atoms with van der Waals surface area (Å²) in [4.78, 5) is 19.8. The molecule has 0 bridgehead atoms. The fourth-order valence-corrected chi connectivity index (χ4v) is 8.29. The third kappa shape index (κ3) is 10.9. The van der Waals surface area contributed by atoms with Gasteiger partial charge in [0.2, 0.25) is 23.6 Å². The molecule has 0 saturated heterocycles. The predicted molar refractivity (Wildman–Crippen MR) is 283 cm³/mol. The Kier molecular flexibility index (Phi) is 13.1. The Hall–Kier alpha value is -9.68. The smallest absolute Gasteiger partial charge is 0.237 e. The van der Waals surface area contributed by atoms with Crippen molar-refractivity contribution in [3.05, 3.63) is 226 Å². The number of fused-ring (bicyclic) bond motifs is 4. The van der Waals surface area contributed by atoms with Gasteiger partial charge in [0.25, 0.3) is 0 Å². The number of aromatic nitrogens is 4. The molecule has 0 N–H and O–H groups in total. The molecule has 0 radical (unpaired) electrons. The average Bonchev–Trinajstić information content (AvgIpc) is 4.27. The monoisotopic (exact) mass is 940 g/mol. The molecule has 0 atom stereocenters. The van der Waals surface area contributed by atoms with Crippen LogP contribution in [-0.2, 0) is 0 Å². The van der Waals surface area contributed by atoms with E-state index in [4.69, 9.17) is 28.2 Å². The van der Waals surface area contributed by atoms with Crippen LogP contribution in [0, 0.1) is 36.5 Å². The molecule has 12 rings (SSSR count). The molecule has 5 aromatic heterocycles. The molecule has 12 aromatic rings. The first-order valence-electron chi connectivity index (χ1n) is 22.5. The van der Waals surface area contributed by atoms with E-state index in [0.29, 0.717) is 34.7 Å². The van der Waals surface area contributed by atoms with Gasteiger partial charge < -0.3 is 17.7 Å². The van der Waals surface area contributed by atoms with Crippen LogP contribution in [0.3, 0.4) is 0 Å². The number of nitriles is 2. The minimum absolute atomic E-state index is 0.541. The van der Waals surface area contributed by atoms with Crippen molar-refractivity contribution in [3.63, 3.8) is 0 Å². The van der Waals surface area contributed by atoms with Gasteiger partial charge in [-0.15, -0.1) is 11.3 Å². The molecule has 0 fully saturated rings. The number of rotatable bonds is 8. The molecule has 0 aliphatic heterocycles. The highest BCUT2D eigenvalue weighted by atomic mass is 32.1. The quantitative estimate of drug-likeness (QED) is 0.135. The van der Waals surface area contributed by atoms with E-state index in [2.05, 4.69) is 44.2 Å². The molecule has 0 spiro atoms. The van der Waals surface area contributed by atoms with E-state index in [0.717, 1.165) is 87.5 Å².